The minimum atomic E-state index is 0.270. The van der Waals surface area contributed by atoms with E-state index in [2.05, 4.69) is 23.3 Å². The molecule has 1 aliphatic rings. The van der Waals surface area contributed by atoms with Gasteiger partial charge in [0, 0.05) is 16.3 Å². The lowest BCUT2D eigenvalue weighted by Gasteiger charge is -2.35. The van der Waals surface area contributed by atoms with E-state index in [-0.39, 0.29) is 11.9 Å². The van der Waals surface area contributed by atoms with E-state index in [0.717, 1.165) is 24.3 Å². The van der Waals surface area contributed by atoms with Gasteiger partial charge in [-0.3, -0.25) is 4.79 Å². The summed E-state index contributed by atoms with van der Waals surface area (Å²) in [4.78, 5) is 17.2. The summed E-state index contributed by atoms with van der Waals surface area (Å²) in [5, 5.41) is 4.19. The van der Waals surface area contributed by atoms with Crippen molar-refractivity contribution in [3.8, 4) is 0 Å². The van der Waals surface area contributed by atoms with Gasteiger partial charge < -0.3 is 4.90 Å². The maximum Gasteiger partial charge on any atom is 0.228 e. The molecule has 0 aliphatic carbocycles. The Morgan fingerprint density at radius 2 is 2.26 bits per heavy atom. The molecule has 0 aromatic carbocycles. The van der Waals surface area contributed by atoms with Gasteiger partial charge in [-0.05, 0) is 41.3 Å². The van der Waals surface area contributed by atoms with Crippen molar-refractivity contribution in [1.29, 1.82) is 0 Å². The minimum Gasteiger partial charge on any atom is -0.335 e. The predicted octanol–water partition coefficient (Wildman–Crippen LogP) is 3.89. The molecule has 1 aliphatic heterocycles. The second-order valence-electron chi connectivity index (χ2n) is 4.82. The molecule has 2 aromatic heterocycles. The summed E-state index contributed by atoms with van der Waals surface area (Å²) in [6, 6.07) is 6.53. The molecular formula is C15H17NOS2. The Labute approximate surface area is 121 Å². The molecule has 4 heteroatoms. The quantitative estimate of drug-likeness (QED) is 0.840. The molecule has 3 heterocycles. The second kappa shape index (κ2) is 5.47. The van der Waals surface area contributed by atoms with Gasteiger partial charge >= 0.3 is 0 Å². The number of hydrogen-bond donors (Lipinski definition) is 0. The van der Waals surface area contributed by atoms with Crippen LogP contribution in [0.1, 0.15) is 34.7 Å². The van der Waals surface area contributed by atoms with Crippen LogP contribution >= 0.6 is 22.7 Å². The zero-order valence-corrected chi connectivity index (χ0v) is 12.6. The van der Waals surface area contributed by atoms with Gasteiger partial charge in [-0.2, -0.15) is 0 Å². The summed E-state index contributed by atoms with van der Waals surface area (Å²) < 4.78 is 0. The van der Waals surface area contributed by atoms with Crippen molar-refractivity contribution in [2.24, 2.45) is 0 Å². The molecule has 100 valence electrons. The van der Waals surface area contributed by atoms with Gasteiger partial charge in [0.25, 0.3) is 0 Å². The van der Waals surface area contributed by atoms with Gasteiger partial charge in [-0.25, -0.2) is 0 Å². The van der Waals surface area contributed by atoms with Crippen molar-refractivity contribution in [3.05, 3.63) is 44.3 Å². The summed E-state index contributed by atoms with van der Waals surface area (Å²) in [6.07, 6.45) is 2.56. The molecule has 1 unspecified atom stereocenters. The van der Waals surface area contributed by atoms with Crippen molar-refractivity contribution < 1.29 is 4.79 Å². The third kappa shape index (κ3) is 2.47. The van der Waals surface area contributed by atoms with Crippen molar-refractivity contribution in [2.45, 2.75) is 32.2 Å². The molecular weight excluding hydrogens is 274 g/mol. The molecule has 2 aromatic rings. The first-order chi connectivity index (χ1) is 9.29. The number of carbonyl (C=O) groups excluding carboxylic acids is 1. The Balaban J connectivity index is 1.79. The highest BCUT2D eigenvalue weighted by Crippen LogP contribution is 2.35. The normalized spacial score (nSPS) is 18.4. The first-order valence-corrected chi connectivity index (χ1v) is 8.43. The number of rotatable bonds is 3. The van der Waals surface area contributed by atoms with Crippen molar-refractivity contribution >= 4 is 28.6 Å². The van der Waals surface area contributed by atoms with Gasteiger partial charge in [0.15, 0.2) is 0 Å². The van der Waals surface area contributed by atoms with E-state index < -0.39 is 0 Å². The lowest BCUT2D eigenvalue weighted by Crippen LogP contribution is -2.40. The second-order valence-corrected chi connectivity index (χ2v) is 6.85. The summed E-state index contributed by atoms with van der Waals surface area (Å²) in [7, 11) is 0. The Kier molecular flexibility index (Phi) is 3.71. The van der Waals surface area contributed by atoms with Crippen LogP contribution < -0.4 is 0 Å². The van der Waals surface area contributed by atoms with Crippen LogP contribution in [0.3, 0.4) is 0 Å². The molecule has 0 fully saturated rings. The summed E-state index contributed by atoms with van der Waals surface area (Å²) in [5.74, 6) is 0.270. The fourth-order valence-corrected chi connectivity index (χ4v) is 4.42. The number of nitrogens with zero attached hydrogens (tertiary/aromatic N) is 1. The van der Waals surface area contributed by atoms with Crippen molar-refractivity contribution in [3.63, 3.8) is 0 Å². The first kappa shape index (κ1) is 12.9. The Morgan fingerprint density at radius 3 is 3.00 bits per heavy atom. The van der Waals surface area contributed by atoms with Gasteiger partial charge in [0.1, 0.15) is 0 Å². The van der Waals surface area contributed by atoms with Crippen LogP contribution in [0, 0.1) is 0 Å². The third-order valence-electron chi connectivity index (χ3n) is 3.71. The van der Waals surface area contributed by atoms with Crippen LogP contribution in [0.4, 0.5) is 0 Å². The number of hydrogen-bond acceptors (Lipinski definition) is 3. The zero-order valence-electron chi connectivity index (χ0n) is 11.0. The molecule has 0 saturated heterocycles. The topological polar surface area (TPSA) is 20.3 Å². The number of amides is 1. The summed E-state index contributed by atoms with van der Waals surface area (Å²) in [5.41, 5.74) is 1.37. The van der Waals surface area contributed by atoms with Gasteiger partial charge in [-0.1, -0.05) is 13.0 Å². The number of fused-ring (bicyclic) bond motifs is 1. The van der Waals surface area contributed by atoms with Crippen LogP contribution in [0.15, 0.2) is 29.0 Å². The fraction of sp³-hybridized carbons (Fsp3) is 0.400. The van der Waals surface area contributed by atoms with E-state index in [0.29, 0.717) is 6.42 Å². The van der Waals surface area contributed by atoms with Gasteiger partial charge in [-0.15, -0.1) is 22.7 Å². The monoisotopic (exact) mass is 291 g/mol. The van der Waals surface area contributed by atoms with Crippen LogP contribution in [0.2, 0.25) is 0 Å². The molecule has 19 heavy (non-hydrogen) atoms. The highest BCUT2D eigenvalue weighted by atomic mass is 32.1. The smallest absolute Gasteiger partial charge is 0.228 e. The largest absolute Gasteiger partial charge is 0.335 e. The van der Waals surface area contributed by atoms with Crippen LogP contribution in [0.25, 0.3) is 0 Å². The van der Waals surface area contributed by atoms with Gasteiger partial charge in [0.2, 0.25) is 5.91 Å². The van der Waals surface area contributed by atoms with E-state index in [9.17, 15) is 4.79 Å². The third-order valence-corrected chi connectivity index (χ3v) is 5.58. The first-order valence-electron chi connectivity index (χ1n) is 6.67. The highest BCUT2D eigenvalue weighted by molar-refractivity contribution is 7.10. The molecule has 0 bridgehead atoms. The zero-order chi connectivity index (χ0) is 13.2. The Bertz CT molecular complexity index is 558. The Hall–Kier alpha value is -1.13. The Morgan fingerprint density at radius 1 is 1.37 bits per heavy atom. The van der Waals surface area contributed by atoms with Crippen LogP contribution in [-0.2, 0) is 17.6 Å². The molecule has 0 spiro atoms. The lowest BCUT2D eigenvalue weighted by atomic mass is 9.97. The maximum atomic E-state index is 12.5. The van der Waals surface area contributed by atoms with Gasteiger partial charge in [0.05, 0.1) is 12.5 Å². The molecule has 0 saturated carbocycles. The van der Waals surface area contributed by atoms with E-state index in [1.54, 1.807) is 11.3 Å². The van der Waals surface area contributed by atoms with Crippen molar-refractivity contribution in [1.82, 2.24) is 4.90 Å². The molecule has 1 atom stereocenters. The predicted molar refractivity (Wildman–Crippen MR) is 80.8 cm³/mol. The standard InChI is InChI=1S/C15H17NOS2/c1-2-13-12-6-9-19-14(12)5-7-16(13)15(17)10-11-4-3-8-18-11/h3-4,6,8-9,13H,2,5,7,10H2,1H3. The number of thiophene rings is 2. The highest BCUT2D eigenvalue weighted by Gasteiger charge is 2.30. The SMILES string of the molecule is CCC1c2ccsc2CCN1C(=O)Cc1cccs1. The van der Waals surface area contributed by atoms with Crippen LogP contribution in [0.5, 0.6) is 0 Å². The molecule has 2 nitrogen and oxygen atoms in total. The van der Waals surface area contributed by atoms with E-state index in [1.165, 1.54) is 10.4 Å². The average molecular weight is 291 g/mol. The fourth-order valence-electron chi connectivity index (χ4n) is 2.80. The average Bonchev–Trinajstić information content (AvgIpc) is 3.07. The van der Waals surface area contributed by atoms with Crippen molar-refractivity contribution in [2.75, 3.05) is 6.54 Å². The van der Waals surface area contributed by atoms with E-state index >= 15 is 0 Å². The summed E-state index contributed by atoms with van der Waals surface area (Å²) >= 11 is 3.49. The maximum absolute atomic E-state index is 12.5. The minimum absolute atomic E-state index is 0.270. The molecule has 0 N–H and O–H groups in total. The van der Waals surface area contributed by atoms with E-state index in [1.807, 2.05) is 28.8 Å². The molecule has 3 rings (SSSR count). The summed E-state index contributed by atoms with van der Waals surface area (Å²) in [6.45, 7) is 3.04. The van der Waals surface area contributed by atoms with E-state index in [4.69, 9.17) is 0 Å². The molecule has 0 radical (unpaired) electrons. The number of carbonyl (C=O) groups is 1. The lowest BCUT2D eigenvalue weighted by molar-refractivity contribution is -0.133. The van der Waals surface area contributed by atoms with Crippen LogP contribution in [-0.4, -0.2) is 17.4 Å². The molecule has 1 amide bonds.